The summed E-state index contributed by atoms with van der Waals surface area (Å²) < 4.78 is 20.7. The predicted octanol–water partition coefficient (Wildman–Crippen LogP) is 5.89. The first-order valence-electron chi connectivity index (χ1n) is 11.2. The van der Waals surface area contributed by atoms with Crippen molar-refractivity contribution in [3.63, 3.8) is 0 Å². The van der Waals surface area contributed by atoms with Crippen LogP contribution < -0.4 is 21.1 Å². The highest BCUT2D eigenvalue weighted by atomic mass is 35.5. The van der Waals surface area contributed by atoms with Crippen LogP contribution in [-0.2, 0) is 5.41 Å². The smallest absolute Gasteiger partial charge is 0.324 e. The molecule has 0 unspecified atom stereocenters. The Kier molecular flexibility index (Phi) is 7.12. The highest BCUT2D eigenvalue weighted by molar-refractivity contribution is 6.34. The third-order valence-corrected chi connectivity index (χ3v) is 5.51. The van der Waals surface area contributed by atoms with Gasteiger partial charge in [0, 0.05) is 29.8 Å². The van der Waals surface area contributed by atoms with E-state index in [9.17, 15) is 14.0 Å². The van der Waals surface area contributed by atoms with E-state index < -0.39 is 11.9 Å². The molecule has 4 N–H and O–H groups in total. The third kappa shape index (κ3) is 6.22. The second-order valence-electron chi connectivity index (χ2n) is 9.12. The molecule has 0 aliphatic rings. The molecule has 2 aromatic heterocycles. The molecule has 0 saturated carbocycles. The highest BCUT2D eigenvalue weighted by Crippen LogP contribution is 2.31. The van der Waals surface area contributed by atoms with Crippen LogP contribution in [-0.4, -0.2) is 26.7 Å². The van der Waals surface area contributed by atoms with E-state index in [0.29, 0.717) is 28.7 Å². The van der Waals surface area contributed by atoms with Crippen LogP contribution in [0.25, 0.3) is 5.69 Å². The Bertz CT molecular complexity index is 1460. The number of primary amides is 1. The van der Waals surface area contributed by atoms with Crippen LogP contribution >= 0.6 is 11.6 Å². The maximum atomic E-state index is 13.4. The van der Waals surface area contributed by atoms with Crippen molar-refractivity contribution < 1.29 is 18.7 Å². The highest BCUT2D eigenvalue weighted by Gasteiger charge is 2.22. The molecule has 2 heterocycles. The molecule has 0 aliphatic heterocycles. The molecule has 4 rings (SSSR count). The standard InChI is InChI=1S/C26H24ClFN6O3/c1-26(2,3)22-14-23(34(33-22)16-6-4-15(28)5-7-16)32-25(36)31-20-9-8-17(12-19(20)27)37-18-10-11-30-21(13-18)24(29)35/h4-14H,1-3H3,(H2,29,35)(H2,31,32,36). The summed E-state index contributed by atoms with van der Waals surface area (Å²) in [4.78, 5) is 28.0. The van der Waals surface area contributed by atoms with Gasteiger partial charge >= 0.3 is 6.03 Å². The molecule has 11 heteroatoms. The van der Waals surface area contributed by atoms with Crippen LogP contribution in [0.2, 0.25) is 5.02 Å². The average Bonchev–Trinajstić information content (AvgIpc) is 3.26. The molecule has 3 amide bonds. The minimum absolute atomic E-state index is 0.0630. The summed E-state index contributed by atoms with van der Waals surface area (Å²) in [6, 6.07) is 14.7. The number of ether oxygens (including phenoxy) is 1. The van der Waals surface area contributed by atoms with Crippen molar-refractivity contribution in [3.8, 4) is 17.2 Å². The predicted molar refractivity (Wildman–Crippen MR) is 139 cm³/mol. The Hall–Kier alpha value is -4.44. The lowest BCUT2D eigenvalue weighted by atomic mass is 9.92. The molecule has 2 aromatic carbocycles. The molecule has 0 saturated heterocycles. The van der Waals surface area contributed by atoms with Crippen molar-refractivity contribution in [3.05, 3.63) is 89.1 Å². The van der Waals surface area contributed by atoms with Gasteiger partial charge in [0.15, 0.2) is 0 Å². The Morgan fingerprint density at radius 1 is 1.00 bits per heavy atom. The Morgan fingerprint density at radius 2 is 1.70 bits per heavy atom. The molecule has 37 heavy (non-hydrogen) atoms. The number of amides is 3. The molecular formula is C26H24ClFN6O3. The Labute approximate surface area is 217 Å². The first-order valence-corrected chi connectivity index (χ1v) is 11.5. The van der Waals surface area contributed by atoms with Crippen molar-refractivity contribution in [2.75, 3.05) is 10.6 Å². The van der Waals surface area contributed by atoms with Crippen LogP contribution in [0.3, 0.4) is 0 Å². The van der Waals surface area contributed by atoms with E-state index in [1.165, 1.54) is 35.1 Å². The van der Waals surface area contributed by atoms with E-state index in [-0.39, 0.29) is 21.9 Å². The summed E-state index contributed by atoms with van der Waals surface area (Å²) in [7, 11) is 0. The number of aromatic nitrogens is 3. The van der Waals surface area contributed by atoms with Crippen LogP contribution in [0.15, 0.2) is 66.9 Å². The number of halogens is 2. The Balaban J connectivity index is 1.51. The summed E-state index contributed by atoms with van der Waals surface area (Å²) in [5.74, 6) is 0.0693. The number of nitrogens with two attached hydrogens (primary N) is 1. The molecular weight excluding hydrogens is 499 g/mol. The third-order valence-electron chi connectivity index (χ3n) is 5.20. The van der Waals surface area contributed by atoms with E-state index in [0.717, 1.165) is 5.69 Å². The van der Waals surface area contributed by atoms with Crippen molar-refractivity contribution in [2.24, 2.45) is 5.73 Å². The van der Waals surface area contributed by atoms with Crippen molar-refractivity contribution >= 4 is 35.0 Å². The lowest BCUT2D eigenvalue weighted by Crippen LogP contribution is -2.21. The molecule has 4 aromatic rings. The van der Waals surface area contributed by atoms with Crippen LogP contribution in [0.5, 0.6) is 11.5 Å². The molecule has 9 nitrogen and oxygen atoms in total. The van der Waals surface area contributed by atoms with Gasteiger partial charge in [-0.05, 0) is 42.5 Å². The lowest BCUT2D eigenvalue weighted by molar-refractivity contribution is 0.0995. The number of benzene rings is 2. The number of rotatable bonds is 6. The second-order valence-corrected chi connectivity index (χ2v) is 9.52. The average molecular weight is 523 g/mol. The molecule has 0 radical (unpaired) electrons. The van der Waals surface area contributed by atoms with Gasteiger partial charge < -0.3 is 15.8 Å². The lowest BCUT2D eigenvalue weighted by Gasteiger charge is -2.14. The molecule has 0 aliphatic carbocycles. The quantitative estimate of drug-likeness (QED) is 0.291. The number of nitrogens with zero attached hydrogens (tertiary/aromatic N) is 3. The zero-order chi connectivity index (χ0) is 26.7. The second kappa shape index (κ2) is 10.3. The van der Waals surface area contributed by atoms with Crippen molar-refractivity contribution in [2.45, 2.75) is 26.2 Å². The van der Waals surface area contributed by atoms with E-state index in [1.807, 2.05) is 20.8 Å². The van der Waals surface area contributed by atoms with E-state index in [4.69, 9.17) is 22.1 Å². The summed E-state index contributed by atoms with van der Waals surface area (Å²) >= 11 is 6.37. The van der Waals surface area contributed by atoms with Gasteiger partial charge in [-0.15, -0.1) is 0 Å². The van der Waals surface area contributed by atoms with Gasteiger partial charge in [-0.1, -0.05) is 32.4 Å². The fourth-order valence-corrected chi connectivity index (χ4v) is 3.51. The molecule has 0 spiro atoms. The van der Waals surface area contributed by atoms with Crippen molar-refractivity contribution in [1.29, 1.82) is 0 Å². The minimum atomic E-state index is -0.676. The van der Waals surface area contributed by atoms with E-state index in [1.54, 1.807) is 36.4 Å². The largest absolute Gasteiger partial charge is 0.457 e. The normalized spacial score (nSPS) is 11.2. The molecule has 0 atom stereocenters. The van der Waals surface area contributed by atoms with Crippen LogP contribution in [0, 0.1) is 5.82 Å². The fraction of sp³-hybridized carbons (Fsp3) is 0.154. The number of hydrogen-bond acceptors (Lipinski definition) is 5. The number of pyridine rings is 1. The molecule has 190 valence electrons. The maximum absolute atomic E-state index is 13.4. The van der Waals surface area contributed by atoms with E-state index in [2.05, 4.69) is 20.7 Å². The zero-order valence-corrected chi connectivity index (χ0v) is 21.0. The topological polar surface area (TPSA) is 124 Å². The van der Waals surface area contributed by atoms with Gasteiger partial charge in [-0.25, -0.2) is 13.9 Å². The maximum Gasteiger partial charge on any atom is 0.324 e. The van der Waals surface area contributed by atoms with Gasteiger partial charge in [0.05, 0.1) is 22.1 Å². The Morgan fingerprint density at radius 3 is 2.35 bits per heavy atom. The number of nitrogens with one attached hydrogen (secondary N) is 2. The summed E-state index contributed by atoms with van der Waals surface area (Å²) in [5.41, 5.74) is 6.68. The summed E-state index contributed by atoms with van der Waals surface area (Å²) in [5, 5.41) is 10.3. The van der Waals surface area contributed by atoms with Crippen molar-refractivity contribution in [1.82, 2.24) is 14.8 Å². The number of urea groups is 1. The SMILES string of the molecule is CC(C)(C)c1cc(NC(=O)Nc2ccc(Oc3ccnc(C(N)=O)c3)cc2Cl)n(-c2ccc(F)cc2)n1. The van der Waals surface area contributed by atoms with Gasteiger partial charge in [0.2, 0.25) is 0 Å². The van der Waals surface area contributed by atoms with Gasteiger partial charge in [0.1, 0.15) is 28.8 Å². The van der Waals surface area contributed by atoms with E-state index >= 15 is 0 Å². The number of carbonyl (C=O) groups is 2. The minimum Gasteiger partial charge on any atom is -0.457 e. The summed E-state index contributed by atoms with van der Waals surface area (Å²) in [6.45, 7) is 5.99. The number of anilines is 2. The monoisotopic (exact) mass is 522 g/mol. The summed E-state index contributed by atoms with van der Waals surface area (Å²) in [6.07, 6.45) is 1.40. The van der Waals surface area contributed by atoms with Gasteiger partial charge in [0.25, 0.3) is 5.91 Å². The molecule has 0 fully saturated rings. The zero-order valence-electron chi connectivity index (χ0n) is 20.3. The van der Waals surface area contributed by atoms with Gasteiger partial charge in [-0.3, -0.25) is 15.1 Å². The fourth-order valence-electron chi connectivity index (χ4n) is 3.29. The first-order chi connectivity index (χ1) is 17.5. The first kappa shape index (κ1) is 25.6. The molecule has 0 bridgehead atoms. The number of hydrogen-bond donors (Lipinski definition) is 3. The van der Waals surface area contributed by atoms with Gasteiger partial charge in [-0.2, -0.15) is 5.10 Å². The number of carbonyl (C=O) groups excluding carboxylic acids is 2. The van der Waals surface area contributed by atoms with Crippen LogP contribution in [0.4, 0.5) is 20.7 Å². The van der Waals surface area contributed by atoms with Crippen LogP contribution in [0.1, 0.15) is 37.0 Å².